The van der Waals surface area contributed by atoms with Gasteiger partial charge >= 0.3 is 5.97 Å². The first-order chi connectivity index (χ1) is 12.6. The maximum absolute atomic E-state index is 10.4. The third-order valence-corrected chi connectivity index (χ3v) is 3.63. The molecule has 1 heterocycles. The molecule has 2 N–H and O–H groups in total. The Morgan fingerprint density at radius 1 is 1.12 bits per heavy atom. The van der Waals surface area contributed by atoms with Gasteiger partial charge in [-0.2, -0.15) is 4.80 Å². The maximum atomic E-state index is 10.4. The van der Waals surface area contributed by atoms with Crippen LogP contribution in [0.2, 0.25) is 5.02 Å². The minimum absolute atomic E-state index is 0.101. The van der Waals surface area contributed by atoms with E-state index >= 15 is 0 Å². The molecule has 3 aromatic rings. The Kier molecular flexibility index (Phi) is 5.77. The van der Waals surface area contributed by atoms with Crippen LogP contribution in [0.4, 0.5) is 0 Å². The van der Waals surface area contributed by atoms with Crippen molar-refractivity contribution in [1.82, 2.24) is 25.5 Å². The summed E-state index contributed by atoms with van der Waals surface area (Å²) >= 11 is 5.85. The number of nitrogens with one attached hydrogen (secondary N) is 1. The number of hydrogen-bond acceptors (Lipinski definition) is 6. The molecule has 0 aliphatic heterocycles. The van der Waals surface area contributed by atoms with Gasteiger partial charge in [-0.3, -0.25) is 4.79 Å². The molecule has 0 saturated carbocycles. The number of rotatable bonds is 8. The molecule has 0 spiro atoms. The Labute approximate surface area is 154 Å². The van der Waals surface area contributed by atoms with Gasteiger partial charge in [0.05, 0.1) is 13.1 Å². The molecule has 9 heteroatoms. The van der Waals surface area contributed by atoms with Gasteiger partial charge in [-0.15, -0.1) is 10.2 Å². The van der Waals surface area contributed by atoms with Crippen LogP contribution in [0.1, 0.15) is 0 Å². The van der Waals surface area contributed by atoms with Crippen molar-refractivity contribution in [3.05, 3.63) is 53.6 Å². The molecule has 26 heavy (non-hydrogen) atoms. The molecular weight excluding hydrogens is 358 g/mol. The summed E-state index contributed by atoms with van der Waals surface area (Å²) in [5, 5.41) is 24.2. The van der Waals surface area contributed by atoms with Gasteiger partial charge < -0.3 is 15.2 Å². The number of aromatic nitrogens is 4. The number of benzene rings is 2. The summed E-state index contributed by atoms with van der Waals surface area (Å²) in [7, 11) is 0. The molecule has 0 saturated heterocycles. The summed E-state index contributed by atoms with van der Waals surface area (Å²) in [6, 6.07) is 14.4. The fourth-order valence-electron chi connectivity index (χ4n) is 2.14. The molecule has 1 aromatic heterocycles. The fraction of sp³-hybridized carbons (Fsp3) is 0.176. The molecule has 0 radical (unpaired) electrons. The van der Waals surface area contributed by atoms with Gasteiger partial charge in [-0.1, -0.05) is 11.6 Å². The number of carboxylic acids is 1. The molecule has 0 aliphatic carbocycles. The topological polar surface area (TPSA) is 102 Å². The van der Waals surface area contributed by atoms with Gasteiger partial charge in [-0.05, 0) is 53.7 Å². The average Bonchev–Trinajstić information content (AvgIpc) is 3.10. The summed E-state index contributed by atoms with van der Waals surface area (Å²) in [6.07, 6.45) is 0. The van der Waals surface area contributed by atoms with Crippen molar-refractivity contribution in [2.45, 2.75) is 6.54 Å². The van der Waals surface area contributed by atoms with Gasteiger partial charge in [0, 0.05) is 17.1 Å². The van der Waals surface area contributed by atoms with Crippen LogP contribution in [-0.4, -0.2) is 44.4 Å². The van der Waals surface area contributed by atoms with Crippen molar-refractivity contribution in [3.63, 3.8) is 0 Å². The lowest BCUT2D eigenvalue weighted by Gasteiger charge is -2.05. The predicted octanol–water partition coefficient (Wildman–Crippen LogP) is 2.46. The summed E-state index contributed by atoms with van der Waals surface area (Å²) < 4.78 is 5.74. The first-order valence-electron chi connectivity index (χ1n) is 7.84. The highest BCUT2D eigenvalue weighted by Gasteiger charge is 2.07. The van der Waals surface area contributed by atoms with Crippen LogP contribution in [0, 0.1) is 0 Å². The molecule has 0 unspecified atom stereocenters. The number of nitrogens with zero attached hydrogens (tertiary/aromatic N) is 4. The molecule has 134 valence electrons. The number of carboxylic acid groups (broad SMARTS) is 1. The van der Waals surface area contributed by atoms with Crippen molar-refractivity contribution in [1.29, 1.82) is 0 Å². The lowest BCUT2D eigenvalue weighted by atomic mass is 10.2. The highest BCUT2D eigenvalue weighted by molar-refractivity contribution is 6.30. The molecule has 8 nitrogen and oxygen atoms in total. The quantitative estimate of drug-likeness (QED) is 0.584. The number of hydrogen-bond donors (Lipinski definition) is 2. The van der Waals surface area contributed by atoms with Crippen molar-refractivity contribution >= 4 is 17.6 Å². The second kappa shape index (κ2) is 8.41. The van der Waals surface area contributed by atoms with Crippen LogP contribution in [0.25, 0.3) is 11.4 Å². The van der Waals surface area contributed by atoms with Crippen molar-refractivity contribution in [2.75, 3.05) is 13.1 Å². The summed E-state index contributed by atoms with van der Waals surface area (Å²) in [4.78, 5) is 11.8. The van der Waals surface area contributed by atoms with E-state index < -0.39 is 5.97 Å². The molecule has 2 aromatic carbocycles. The number of halogens is 1. The molecule has 0 amide bonds. The zero-order valence-electron chi connectivity index (χ0n) is 13.7. The number of tetrazole rings is 1. The largest absolute Gasteiger partial charge is 0.480 e. The van der Waals surface area contributed by atoms with Crippen molar-refractivity contribution in [3.8, 4) is 22.9 Å². The zero-order chi connectivity index (χ0) is 18.4. The van der Waals surface area contributed by atoms with Crippen molar-refractivity contribution < 1.29 is 14.6 Å². The van der Waals surface area contributed by atoms with E-state index in [-0.39, 0.29) is 6.54 Å². The van der Waals surface area contributed by atoms with E-state index in [1.807, 2.05) is 24.3 Å². The highest BCUT2D eigenvalue weighted by atomic mass is 35.5. The predicted molar refractivity (Wildman–Crippen MR) is 95.3 cm³/mol. The lowest BCUT2D eigenvalue weighted by molar-refractivity contribution is -0.135. The summed E-state index contributed by atoms with van der Waals surface area (Å²) in [6.45, 7) is 0.768. The van der Waals surface area contributed by atoms with Crippen LogP contribution in [-0.2, 0) is 11.3 Å². The van der Waals surface area contributed by atoms with E-state index in [4.69, 9.17) is 21.4 Å². The van der Waals surface area contributed by atoms with Crippen LogP contribution in [0.3, 0.4) is 0 Å². The minimum atomic E-state index is -0.904. The SMILES string of the molecule is O=C(O)CNCCn1nnc(-c2ccc(Oc3ccc(Cl)cc3)cc2)n1. The number of aliphatic carboxylic acids is 1. The average molecular weight is 374 g/mol. The van der Waals surface area contributed by atoms with Crippen LogP contribution in [0.15, 0.2) is 48.5 Å². The Hall–Kier alpha value is -2.97. The minimum Gasteiger partial charge on any atom is -0.480 e. The second-order valence-corrected chi connectivity index (χ2v) is 5.80. The molecular formula is C17H16ClN5O3. The van der Waals surface area contributed by atoms with E-state index in [0.29, 0.717) is 35.4 Å². The maximum Gasteiger partial charge on any atom is 0.317 e. The Balaban J connectivity index is 1.58. The smallest absolute Gasteiger partial charge is 0.317 e. The number of ether oxygens (including phenoxy) is 1. The van der Waals surface area contributed by atoms with Gasteiger partial charge in [0.25, 0.3) is 0 Å². The van der Waals surface area contributed by atoms with Crippen molar-refractivity contribution in [2.24, 2.45) is 0 Å². The standard InChI is InChI=1S/C17H16ClN5O3/c18-13-3-7-15(8-4-13)26-14-5-1-12(2-6-14)17-20-22-23(21-17)10-9-19-11-16(24)25/h1-8,19H,9-11H2,(H,24,25). The lowest BCUT2D eigenvalue weighted by Crippen LogP contribution is -2.26. The Morgan fingerprint density at radius 3 is 2.42 bits per heavy atom. The van der Waals surface area contributed by atoms with Crippen LogP contribution >= 0.6 is 11.6 Å². The molecule has 0 aliphatic rings. The zero-order valence-corrected chi connectivity index (χ0v) is 14.4. The van der Waals surface area contributed by atoms with E-state index in [2.05, 4.69) is 20.7 Å². The first-order valence-corrected chi connectivity index (χ1v) is 8.22. The number of carbonyl (C=O) groups is 1. The normalized spacial score (nSPS) is 10.7. The third kappa shape index (κ3) is 5.01. The van der Waals surface area contributed by atoms with E-state index in [1.54, 1.807) is 24.3 Å². The van der Waals surface area contributed by atoms with E-state index in [1.165, 1.54) is 4.80 Å². The van der Waals surface area contributed by atoms with Gasteiger partial charge in [-0.25, -0.2) is 0 Å². The second-order valence-electron chi connectivity index (χ2n) is 5.36. The molecule has 0 fully saturated rings. The van der Waals surface area contributed by atoms with Gasteiger partial charge in [0.15, 0.2) is 0 Å². The summed E-state index contributed by atoms with van der Waals surface area (Å²) in [5.41, 5.74) is 0.804. The Morgan fingerprint density at radius 2 is 1.77 bits per heavy atom. The summed E-state index contributed by atoms with van der Waals surface area (Å²) in [5.74, 6) is 0.959. The first kappa shape index (κ1) is 17.8. The molecule has 0 atom stereocenters. The molecule has 0 bridgehead atoms. The van der Waals surface area contributed by atoms with Crippen LogP contribution in [0.5, 0.6) is 11.5 Å². The highest BCUT2D eigenvalue weighted by Crippen LogP contribution is 2.25. The van der Waals surface area contributed by atoms with E-state index in [9.17, 15) is 4.79 Å². The fourth-order valence-corrected chi connectivity index (χ4v) is 2.26. The third-order valence-electron chi connectivity index (χ3n) is 3.38. The van der Waals surface area contributed by atoms with Crippen LogP contribution < -0.4 is 10.1 Å². The van der Waals surface area contributed by atoms with E-state index in [0.717, 1.165) is 5.56 Å². The monoisotopic (exact) mass is 373 g/mol. The Bertz CT molecular complexity index is 865. The van der Waals surface area contributed by atoms with Gasteiger partial charge in [0.2, 0.25) is 5.82 Å². The molecule has 3 rings (SSSR count). The van der Waals surface area contributed by atoms with Gasteiger partial charge in [0.1, 0.15) is 11.5 Å².